The predicted octanol–water partition coefficient (Wildman–Crippen LogP) is 4.09. The van der Waals surface area contributed by atoms with Crippen LogP contribution in [0.1, 0.15) is 5.56 Å². The van der Waals surface area contributed by atoms with E-state index in [2.05, 4.69) is 47.6 Å². The number of fused-ring (bicyclic) bond motifs is 3. The Morgan fingerprint density at radius 2 is 1.95 bits per heavy atom. The Morgan fingerprint density at radius 1 is 1.11 bits per heavy atom. The van der Waals surface area contributed by atoms with E-state index in [1.54, 1.807) is 0 Å². The molecule has 0 saturated carbocycles. The maximum atomic E-state index is 4.42. The minimum absolute atomic E-state index is 1.05. The molecule has 1 N–H and O–H groups in total. The van der Waals surface area contributed by atoms with Crippen LogP contribution < -0.4 is 5.32 Å². The number of aryl methyl sites for hydroxylation is 2. The van der Waals surface area contributed by atoms with Gasteiger partial charge in [0, 0.05) is 16.8 Å². The van der Waals surface area contributed by atoms with Crippen LogP contribution >= 0.6 is 11.8 Å². The molecule has 0 radical (unpaired) electrons. The van der Waals surface area contributed by atoms with Gasteiger partial charge in [0.25, 0.3) is 0 Å². The summed E-state index contributed by atoms with van der Waals surface area (Å²) in [5, 5.41) is 3.51. The minimum atomic E-state index is 1.05. The maximum Gasteiger partial charge on any atom is 0.0955 e. The largest absolute Gasteiger partial charge is 0.354 e. The lowest BCUT2D eigenvalue weighted by molar-refractivity contribution is 0.947. The van der Waals surface area contributed by atoms with Crippen LogP contribution in [0, 0.1) is 6.92 Å². The van der Waals surface area contributed by atoms with E-state index in [1.807, 2.05) is 29.7 Å². The lowest BCUT2D eigenvalue weighted by Gasteiger charge is -2.21. The van der Waals surface area contributed by atoms with Crippen LogP contribution in [0.3, 0.4) is 0 Å². The Morgan fingerprint density at radius 3 is 2.84 bits per heavy atom. The molecule has 4 rings (SSSR count). The second-order valence-corrected chi connectivity index (χ2v) is 6.00. The van der Waals surface area contributed by atoms with E-state index in [0.29, 0.717) is 0 Å². The molecule has 0 aliphatic carbocycles. The van der Waals surface area contributed by atoms with Gasteiger partial charge in [-0.15, -0.1) is 0 Å². The van der Waals surface area contributed by atoms with Crippen molar-refractivity contribution in [2.75, 3.05) is 5.32 Å². The Hall–Kier alpha value is -1.94. The summed E-state index contributed by atoms with van der Waals surface area (Å²) in [7, 11) is 2.02. The van der Waals surface area contributed by atoms with Crippen LogP contribution in [0.15, 0.2) is 46.5 Å². The van der Waals surface area contributed by atoms with Gasteiger partial charge in [-0.05, 0) is 36.8 Å². The predicted molar refractivity (Wildman–Crippen MR) is 79.3 cm³/mol. The SMILES string of the molecule is Cc1ccc2c(c1)Sc1cc3ncn(C)c3cc1N2. The molecule has 0 bridgehead atoms. The number of rotatable bonds is 0. The number of hydrogen-bond donors (Lipinski definition) is 1. The third-order valence-corrected chi connectivity index (χ3v) is 4.57. The summed E-state index contributed by atoms with van der Waals surface area (Å²) in [6.45, 7) is 2.12. The molecule has 94 valence electrons. The molecule has 1 aliphatic heterocycles. The molecular formula is C15H13N3S. The molecule has 1 aromatic heterocycles. The lowest BCUT2D eigenvalue weighted by atomic mass is 10.2. The van der Waals surface area contributed by atoms with Gasteiger partial charge in [-0.25, -0.2) is 4.98 Å². The summed E-state index contributed by atoms with van der Waals surface area (Å²) in [5.41, 5.74) is 5.84. The first-order valence-corrected chi connectivity index (χ1v) is 7.03. The molecule has 0 unspecified atom stereocenters. The van der Waals surface area contributed by atoms with Crippen molar-refractivity contribution in [1.82, 2.24) is 9.55 Å². The van der Waals surface area contributed by atoms with Crippen LogP contribution in [0.25, 0.3) is 11.0 Å². The average molecular weight is 267 g/mol. The molecule has 0 fully saturated rings. The molecule has 0 spiro atoms. The second-order valence-electron chi connectivity index (χ2n) is 4.92. The third kappa shape index (κ3) is 1.64. The first-order chi connectivity index (χ1) is 9.20. The van der Waals surface area contributed by atoms with Crippen molar-refractivity contribution in [1.29, 1.82) is 0 Å². The van der Waals surface area contributed by atoms with Crippen LogP contribution in [0.4, 0.5) is 11.4 Å². The first-order valence-electron chi connectivity index (χ1n) is 6.21. The lowest BCUT2D eigenvalue weighted by Crippen LogP contribution is -2.00. The zero-order valence-corrected chi connectivity index (χ0v) is 11.6. The Balaban J connectivity index is 1.90. The number of benzene rings is 2. The topological polar surface area (TPSA) is 29.9 Å². The van der Waals surface area contributed by atoms with Crippen molar-refractivity contribution in [3.63, 3.8) is 0 Å². The molecule has 0 saturated heterocycles. The van der Waals surface area contributed by atoms with Crippen molar-refractivity contribution >= 4 is 34.2 Å². The summed E-state index contributed by atoms with van der Waals surface area (Å²) in [6.07, 6.45) is 1.86. The molecule has 2 aromatic carbocycles. The van der Waals surface area contributed by atoms with E-state index in [0.717, 1.165) is 16.7 Å². The highest BCUT2D eigenvalue weighted by atomic mass is 32.2. The molecule has 0 amide bonds. The fourth-order valence-corrected chi connectivity index (χ4v) is 3.52. The molecule has 1 aliphatic rings. The van der Waals surface area contributed by atoms with Gasteiger partial charge in [0.1, 0.15) is 0 Å². The van der Waals surface area contributed by atoms with Crippen LogP contribution in [-0.2, 0) is 7.05 Å². The van der Waals surface area contributed by atoms with E-state index in [-0.39, 0.29) is 0 Å². The van der Waals surface area contributed by atoms with Gasteiger partial charge >= 0.3 is 0 Å². The van der Waals surface area contributed by atoms with Gasteiger partial charge in [0.15, 0.2) is 0 Å². The van der Waals surface area contributed by atoms with Crippen molar-refractivity contribution in [2.45, 2.75) is 16.7 Å². The van der Waals surface area contributed by atoms with Crippen LogP contribution in [-0.4, -0.2) is 9.55 Å². The standard InChI is InChI=1S/C15H13N3S/c1-9-3-4-10-14(5-9)19-15-7-11-13(6-12(15)17-10)18(2)8-16-11/h3-8,17H,1-2H3. The molecule has 4 heteroatoms. The Labute approximate surface area is 115 Å². The number of aromatic nitrogens is 2. The first kappa shape index (κ1) is 10.9. The highest BCUT2D eigenvalue weighted by Crippen LogP contribution is 2.45. The zero-order chi connectivity index (χ0) is 13.0. The van der Waals surface area contributed by atoms with Gasteiger partial charge in [0.05, 0.1) is 28.7 Å². The summed E-state index contributed by atoms with van der Waals surface area (Å²) < 4.78 is 2.05. The number of anilines is 2. The number of nitrogens with one attached hydrogen (secondary N) is 1. The zero-order valence-electron chi connectivity index (χ0n) is 10.8. The number of imidazole rings is 1. The van der Waals surface area contributed by atoms with E-state index in [9.17, 15) is 0 Å². The van der Waals surface area contributed by atoms with Gasteiger partial charge in [-0.2, -0.15) is 0 Å². The van der Waals surface area contributed by atoms with E-state index in [1.165, 1.54) is 21.0 Å². The van der Waals surface area contributed by atoms with E-state index in [4.69, 9.17) is 0 Å². The summed E-state index contributed by atoms with van der Waals surface area (Å²) in [5.74, 6) is 0. The van der Waals surface area contributed by atoms with Crippen LogP contribution in [0.5, 0.6) is 0 Å². The fourth-order valence-electron chi connectivity index (χ4n) is 2.42. The van der Waals surface area contributed by atoms with Gasteiger partial charge in [0.2, 0.25) is 0 Å². The number of hydrogen-bond acceptors (Lipinski definition) is 3. The molecule has 0 atom stereocenters. The molecule has 2 heterocycles. The van der Waals surface area contributed by atoms with Gasteiger partial charge in [-0.3, -0.25) is 0 Å². The monoisotopic (exact) mass is 267 g/mol. The molecule has 3 nitrogen and oxygen atoms in total. The second kappa shape index (κ2) is 3.78. The quantitative estimate of drug-likeness (QED) is 0.520. The third-order valence-electron chi connectivity index (χ3n) is 3.45. The van der Waals surface area contributed by atoms with E-state index >= 15 is 0 Å². The smallest absolute Gasteiger partial charge is 0.0955 e. The van der Waals surface area contributed by atoms with Crippen molar-refractivity contribution in [2.24, 2.45) is 7.05 Å². The van der Waals surface area contributed by atoms with Gasteiger partial charge in [-0.1, -0.05) is 17.8 Å². The highest BCUT2D eigenvalue weighted by Gasteiger charge is 2.17. The summed E-state index contributed by atoms with van der Waals surface area (Å²) >= 11 is 1.81. The molecule has 3 aromatic rings. The fraction of sp³-hybridized carbons (Fsp3) is 0.133. The average Bonchev–Trinajstić information content (AvgIpc) is 2.75. The summed E-state index contributed by atoms with van der Waals surface area (Å²) in [4.78, 5) is 6.94. The van der Waals surface area contributed by atoms with Crippen molar-refractivity contribution in [3.05, 3.63) is 42.2 Å². The minimum Gasteiger partial charge on any atom is -0.354 e. The Kier molecular flexibility index (Phi) is 2.17. The summed E-state index contributed by atoms with van der Waals surface area (Å²) in [6, 6.07) is 10.8. The number of nitrogens with zero attached hydrogens (tertiary/aromatic N) is 2. The van der Waals surface area contributed by atoms with Crippen LogP contribution in [0.2, 0.25) is 0 Å². The molecule has 19 heavy (non-hydrogen) atoms. The van der Waals surface area contributed by atoms with E-state index < -0.39 is 0 Å². The highest BCUT2D eigenvalue weighted by molar-refractivity contribution is 7.99. The van der Waals surface area contributed by atoms with Gasteiger partial charge < -0.3 is 9.88 Å². The Bertz CT molecular complexity index is 805. The molecular weight excluding hydrogens is 254 g/mol. The van der Waals surface area contributed by atoms with Crippen molar-refractivity contribution in [3.8, 4) is 0 Å². The normalized spacial score (nSPS) is 12.9. The maximum absolute atomic E-state index is 4.42. The van der Waals surface area contributed by atoms with Crippen molar-refractivity contribution < 1.29 is 0 Å².